The van der Waals surface area contributed by atoms with Gasteiger partial charge in [-0.2, -0.15) is 0 Å². The first-order valence-corrected chi connectivity index (χ1v) is 13.6. The van der Waals surface area contributed by atoms with Gasteiger partial charge < -0.3 is 14.5 Å². The van der Waals surface area contributed by atoms with E-state index in [4.69, 9.17) is 27.9 Å². The van der Waals surface area contributed by atoms with E-state index >= 15 is 0 Å². The average Bonchev–Trinajstić information content (AvgIpc) is 3.47. The molecule has 2 aliphatic heterocycles. The quantitative estimate of drug-likeness (QED) is 0.456. The molecule has 0 radical (unpaired) electrons. The SMILES string of the molecule is CN(Cc1ccc(Cl)c(Cl)c1)C(=O)Cn1cnc2ccc(C3CCN(C(=O)C4CCOC4)CC3)cc2c1=O. The fourth-order valence-corrected chi connectivity index (χ4v) is 5.55. The average molecular weight is 557 g/mol. The first-order chi connectivity index (χ1) is 18.3. The molecule has 0 aliphatic carbocycles. The molecule has 8 nitrogen and oxygen atoms in total. The molecule has 3 heterocycles. The lowest BCUT2D eigenvalue weighted by molar-refractivity contribution is -0.136. The first-order valence-electron chi connectivity index (χ1n) is 12.8. The van der Waals surface area contributed by atoms with Gasteiger partial charge in [-0.25, -0.2) is 4.98 Å². The third kappa shape index (κ3) is 5.72. The Bertz CT molecular complexity index is 1410. The number of carbonyl (C=O) groups is 2. The van der Waals surface area contributed by atoms with Crippen molar-refractivity contribution in [3.63, 3.8) is 0 Å². The number of aromatic nitrogens is 2. The number of rotatable bonds is 6. The molecule has 1 aromatic heterocycles. The molecular formula is C28H30Cl2N4O4. The van der Waals surface area contributed by atoms with Gasteiger partial charge in [0, 0.05) is 33.3 Å². The van der Waals surface area contributed by atoms with Gasteiger partial charge in [-0.15, -0.1) is 0 Å². The van der Waals surface area contributed by atoms with Crippen LogP contribution in [0, 0.1) is 5.92 Å². The molecule has 2 aromatic carbocycles. The lowest BCUT2D eigenvalue weighted by atomic mass is 9.88. The van der Waals surface area contributed by atoms with Crippen molar-refractivity contribution < 1.29 is 14.3 Å². The lowest BCUT2D eigenvalue weighted by Gasteiger charge is -2.33. The van der Waals surface area contributed by atoms with Crippen molar-refractivity contribution in [2.45, 2.75) is 38.3 Å². The molecule has 2 fully saturated rings. The van der Waals surface area contributed by atoms with Gasteiger partial charge in [-0.1, -0.05) is 35.3 Å². The summed E-state index contributed by atoms with van der Waals surface area (Å²) in [5, 5.41) is 1.37. The zero-order chi connectivity index (χ0) is 26.8. The number of likely N-dealkylation sites (tertiary alicyclic amines) is 1. The van der Waals surface area contributed by atoms with Crippen LogP contribution >= 0.6 is 23.2 Å². The molecule has 3 aromatic rings. The Balaban J connectivity index is 1.26. The minimum atomic E-state index is -0.248. The molecular weight excluding hydrogens is 527 g/mol. The van der Waals surface area contributed by atoms with Crippen molar-refractivity contribution in [2.75, 3.05) is 33.4 Å². The highest BCUT2D eigenvalue weighted by molar-refractivity contribution is 6.42. The van der Waals surface area contributed by atoms with E-state index in [0.29, 0.717) is 53.8 Å². The Morgan fingerprint density at radius 1 is 1.08 bits per heavy atom. The maximum atomic E-state index is 13.3. The third-order valence-corrected chi connectivity index (χ3v) is 8.28. The number of ether oxygens (including phenoxy) is 1. The summed E-state index contributed by atoms with van der Waals surface area (Å²) in [6, 6.07) is 11.0. The number of nitrogens with zero attached hydrogens (tertiary/aromatic N) is 4. The van der Waals surface area contributed by atoms with E-state index in [1.807, 2.05) is 29.2 Å². The molecule has 0 N–H and O–H groups in total. The highest BCUT2D eigenvalue weighted by Gasteiger charge is 2.31. The van der Waals surface area contributed by atoms with Gasteiger partial charge in [0.25, 0.3) is 5.56 Å². The van der Waals surface area contributed by atoms with Gasteiger partial charge in [0.05, 0.1) is 39.8 Å². The van der Waals surface area contributed by atoms with E-state index in [9.17, 15) is 14.4 Å². The molecule has 2 aliphatic rings. The number of fused-ring (bicyclic) bond motifs is 1. The van der Waals surface area contributed by atoms with E-state index < -0.39 is 0 Å². The maximum absolute atomic E-state index is 13.3. The standard InChI is InChI=1S/C28H30Cl2N4O4/c1-32(14-18-2-4-23(29)24(30)12-18)26(35)15-34-17-31-25-5-3-20(13-22(25)28(34)37)19-6-9-33(10-7-19)27(36)21-8-11-38-16-21/h2-5,12-13,17,19,21H,6-11,14-16H2,1H3. The topological polar surface area (TPSA) is 84.7 Å². The number of benzene rings is 2. The van der Waals surface area contributed by atoms with E-state index in [-0.39, 0.29) is 35.8 Å². The zero-order valence-corrected chi connectivity index (χ0v) is 22.7. The molecule has 2 amide bonds. The number of amides is 2. The maximum Gasteiger partial charge on any atom is 0.261 e. The second kappa shape index (κ2) is 11.4. The molecule has 5 rings (SSSR count). The second-order valence-corrected chi connectivity index (χ2v) is 10.9. The van der Waals surface area contributed by atoms with Crippen LogP contribution in [0.2, 0.25) is 10.0 Å². The minimum absolute atomic E-state index is 0.0116. The van der Waals surface area contributed by atoms with E-state index in [2.05, 4.69) is 4.98 Å². The monoisotopic (exact) mass is 556 g/mol. The Morgan fingerprint density at radius 3 is 2.58 bits per heavy atom. The normalized spacial score (nSPS) is 18.2. The van der Waals surface area contributed by atoms with Crippen LogP contribution in [0.4, 0.5) is 0 Å². The lowest BCUT2D eigenvalue weighted by Crippen LogP contribution is -2.41. The van der Waals surface area contributed by atoms with Crippen molar-refractivity contribution in [1.82, 2.24) is 19.4 Å². The highest BCUT2D eigenvalue weighted by atomic mass is 35.5. The molecule has 0 spiro atoms. The summed E-state index contributed by atoms with van der Waals surface area (Å²) >= 11 is 12.1. The van der Waals surface area contributed by atoms with Crippen LogP contribution in [0.1, 0.15) is 36.3 Å². The van der Waals surface area contributed by atoms with Crippen LogP contribution in [0.25, 0.3) is 10.9 Å². The Hall–Kier alpha value is -2.94. The van der Waals surface area contributed by atoms with Crippen molar-refractivity contribution in [2.24, 2.45) is 5.92 Å². The summed E-state index contributed by atoms with van der Waals surface area (Å²) in [5.41, 5.74) is 2.25. The largest absolute Gasteiger partial charge is 0.381 e. The first kappa shape index (κ1) is 26.7. The van der Waals surface area contributed by atoms with Crippen LogP contribution in [0.5, 0.6) is 0 Å². The van der Waals surface area contributed by atoms with Crippen LogP contribution in [0.15, 0.2) is 47.5 Å². The Morgan fingerprint density at radius 2 is 1.87 bits per heavy atom. The van der Waals surface area contributed by atoms with E-state index in [1.165, 1.54) is 10.9 Å². The minimum Gasteiger partial charge on any atom is -0.381 e. The summed E-state index contributed by atoms with van der Waals surface area (Å²) in [6.07, 6.45) is 3.91. The summed E-state index contributed by atoms with van der Waals surface area (Å²) in [4.78, 5) is 46.8. The number of hydrogen-bond donors (Lipinski definition) is 0. The number of piperidine rings is 1. The summed E-state index contributed by atoms with van der Waals surface area (Å²) in [6.45, 7) is 2.81. The smallest absolute Gasteiger partial charge is 0.261 e. The fraction of sp³-hybridized carbons (Fsp3) is 0.429. The highest BCUT2D eigenvalue weighted by Crippen LogP contribution is 2.30. The number of carbonyl (C=O) groups excluding carboxylic acids is 2. The summed E-state index contributed by atoms with van der Waals surface area (Å²) in [5.74, 6) is 0.221. The Kier molecular flexibility index (Phi) is 8.02. The van der Waals surface area contributed by atoms with Crippen molar-refractivity contribution in [3.8, 4) is 0 Å². The number of hydrogen-bond acceptors (Lipinski definition) is 5. The van der Waals surface area contributed by atoms with Gasteiger partial charge in [-0.05, 0) is 60.6 Å². The predicted octanol–water partition coefficient (Wildman–Crippen LogP) is 4.10. The molecule has 0 bridgehead atoms. The van der Waals surface area contributed by atoms with Crippen molar-refractivity contribution >= 4 is 45.9 Å². The second-order valence-electron chi connectivity index (χ2n) is 10.1. The van der Waals surface area contributed by atoms with Crippen molar-refractivity contribution in [3.05, 3.63) is 74.3 Å². The van der Waals surface area contributed by atoms with Crippen LogP contribution in [-0.4, -0.2) is 64.5 Å². The molecule has 200 valence electrons. The van der Waals surface area contributed by atoms with E-state index in [0.717, 1.165) is 30.4 Å². The molecule has 10 heteroatoms. The third-order valence-electron chi connectivity index (χ3n) is 7.54. The van der Waals surface area contributed by atoms with Gasteiger partial charge in [0.2, 0.25) is 11.8 Å². The number of halogens is 2. The van der Waals surface area contributed by atoms with E-state index in [1.54, 1.807) is 24.1 Å². The molecule has 1 unspecified atom stereocenters. The summed E-state index contributed by atoms with van der Waals surface area (Å²) in [7, 11) is 1.68. The zero-order valence-electron chi connectivity index (χ0n) is 21.2. The predicted molar refractivity (Wildman–Crippen MR) is 146 cm³/mol. The number of likely N-dealkylation sites (N-methyl/N-ethyl adjacent to an activating group) is 1. The van der Waals surface area contributed by atoms with Gasteiger partial charge >= 0.3 is 0 Å². The van der Waals surface area contributed by atoms with Crippen molar-refractivity contribution in [1.29, 1.82) is 0 Å². The van der Waals surface area contributed by atoms with Crippen LogP contribution in [-0.2, 0) is 27.4 Å². The Labute approximate surface area is 231 Å². The molecule has 2 saturated heterocycles. The van der Waals surface area contributed by atoms with Gasteiger partial charge in [-0.3, -0.25) is 19.0 Å². The fourth-order valence-electron chi connectivity index (χ4n) is 5.23. The van der Waals surface area contributed by atoms with Crippen LogP contribution in [0.3, 0.4) is 0 Å². The van der Waals surface area contributed by atoms with Gasteiger partial charge in [0.1, 0.15) is 6.54 Å². The van der Waals surface area contributed by atoms with Gasteiger partial charge in [0.15, 0.2) is 0 Å². The molecule has 0 saturated carbocycles. The molecule has 38 heavy (non-hydrogen) atoms. The van der Waals surface area contributed by atoms with Crippen LogP contribution < -0.4 is 5.56 Å². The summed E-state index contributed by atoms with van der Waals surface area (Å²) < 4.78 is 6.73. The molecule has 1 atom stereocenters.